The van der Waals surface area contributed by atoms with E-state index in [1.165, 1.54) is 21.0 Å². The molecule has 3 rings (SSSR count). The first-order chi connectivity index (χ1) is 11.5. The molecule has 2 aliphatic rings. The van der Waals surface area contributed by atoms with E-state index in [0.717, 1.165) is 0 Å². The number of rotatable bonds is 4. The molecule has 0 unspecified atom stereocenters. The van der Waals surface area contributed by atoms with Crippen molar-refractivity contribution >= 4 is 22.0 Å². The topological polar surface area (TPSA) is 116 Å². The average molecular weight is 357 g/mol. The van der Waals surface area contributed by atoms with Crippen LogP contribution in [0.5, 0.6) is 0 Å². The summed E-state index contributed by atoms with van der Waals surface area (Å²) in [5, 5.41) is 8.83. The van der Waals surface area contributed by atoms with E-state index in [2.05, 4.69) is 9.97 Å². The third kappa shape index (κ3) is 3.48. The molecule has 1 aromatic heterocycles. The van der Waals surface area contributed by atoms with Crippen molar-refractivity contribution in [1.29, 1.82) is 0 Å². The maximum atomic E-state index is 12.6. The molecule has 0 radical (unpaired) electrons. The molecule has 0 spiro atoms. The monoisotopic (exact) mass is 357 g/mol. The van der Waals surface area contributed by atoms with Crippen LogP contribution in [0, 0.1) is 0 Å². The quantitative estimate of drug-likeness (QED) is 0.720. The Morgan fingerprint density at radius 3 is 2.17 bits per heavy atom. The summed E-state index contributed by atoms with van der Waals surface area (Å²) in [6.07, 6.45) is 2.60. The van der Waals surface area contributed by atoms with Crippen LogP contribution in [0.15, 0.2) is 12.4 Å². The molecule has 11 heteroatoms. The second-order valence-electron chi connectivity index (χ2n) is 5.47. The Morgan fingerprint density at radius 1 is 1.00 bits per heavy atom. The summed E-state index contributed by atoms with van der Waals surface area (Å²) in [5.74, 6) is -0.584. The van der Waals surface area contributed by atoms with Crippen molar-refractivity contribution in [3.05, 3.63) is 18.1 Å². The summed E-state index contributed by atoms with van der Waals surface area (Å²) >= 11 is 0. The van der Waals surface area contributed by atoms with Gasteiger partial charge in [-0.2, -0.15) is 17.0 Å². The van der Waals surface area contributed by atoms with Gasteiger partial charge in [-0.05, 0) is 0 Å². The van der Waals surface area contributed by atoms with Crippen LogP contribution in [0.25, 0.3) is 0 Å². The number of hydrogen-bond acceptors (Lipinski definition) is 7. The number of piperazine rings is 1. The summed E-state index contributed by atoms with van der Waals surface area (Å²) in [7, 11) is -3.46. The van der Waals surface area contributed by atoms with Crippen LogP contribution in [0.1, 0.15) is 10.5 Å². The number of hydrogen-bond donors (Lipinski definition) is 1. The van der Waals surface area contributed by atoms with Crippen molar-refractivity contribution in [2.24, 2.45) is 0 Å². The molecule has 2 fully saturated rings. The van der Waals surface area contributed by atoms with Crippen LogP contribution in [0.4, 0.5) is 5.82 Å². The van der Waals surface area contributed by atoms with Gasteiger partial charge in [0.05, 0.1) is 25.6 Å². The molecule has 0 aromatic carbocycles. The van der Waals surface area contributed by atoms with E-state index >= 15 is 0 Å². The van der Waals surface area contributed by atoms with Gasteiger partial charge in [-0.1, -0.05) is 0 Å². The van der Waals surface area contributed by atoms with E-state index < -0.39 is 16.2 Å². The minimum absolute atomic E-state index is 0.118. The van der Waals surface area contributed by atoms with Crippen molar-refractivity contribution in [1.82, 2.24) is 18.6 Å². The first kappa shape index (κ1) is 17.0. The highest BCUT2D eigenvalue weighted by Crippen LogP contribution is 2.17. The number of aromatic nitrogens is 2. The minimum Gasteiger partial charge on any atom is -0.476 e. The maximum absolute atomic E-state index is 12.6. The molecule has 3 heterocycles. The normalized spacial score (nSPS) is 20.9. The van der Waals surface area contributed by atoms with Crippen molar-refractivity contribution in [3.8, 4) is 0 Å². The van der Waals surface area contributed by atoms with Gasteiger partial charge in [0.1, 0.15) is 5.82 Å². The van der Waals surface area contributed by atoms with Crippen LogP contribution in [-0.4, -0.2) is 90.6 Å². The van der Waals surface area contributed by atoms with E-state index in [0.29, 0.717) is 58.3 Å². The molecule has 0 aliphatic carbocycles. The number of anilines is 1. The third-order valence-corrected chi connectivity index (χ3v) is 6.08. The van der Waals surface area contributed by atoms with Crippen LogP contribution in [0.2, 0.25) is 0 Å². The number of carbonyl (C=O) groups is 1. The Balaban J connectivity index is 1.61. The number of carboxylic acid groups (broad SMARTS) is 1. The molecule has 1 aromatic rings. The van der Waals surface area contributed by atoms with Gasteiger partial charge in [0.25, 0.3) is 10.2 Å². The lowest BCUT2D eigenvalue weighted by molar-refractivity contribution is 0.0690. The molecule has 2 aliphatic heterocycles. The summed E-state index contributed by atoms with van der Waals surface area (Å²) in [6, 6.07) is 0. The predicted molar refractivity (Wildman–Crippen MR) is 84.1 cm³/mol. The predicted octanol–water partition coefficient (Wildman–Crippen LogP) is -1.13. The van der Waals surface area contributed by atoms with Crippen molar-refractivity contribution in [2.75, 3.05) is 57.4 Å². The fraction of sp³-hybridized carbons (Fsp3) is 0.615. The lowest BCUT2D eigenvalue weighted by Gasteiger charge is -2.37. The zero-order valence-electron chi connectivity index (χ0n) is 13.0. The summed E-state index contributed by atoms with van der Waals surface area (Å²) in [5.41, 5.74) is -0.118. The standard InChI is InChI=1S/C13H19N5O5S/c19-13(20)11-9-15-12(10-14-11)16-1-3-17(4-2-16)24(21,22)18-5-7-23-8-6-18/h9-10H,1-8H2,(H,19,20). The highest BCUT2D eigenvalue weighted by Gasteiger charge is 2.33. The van der Waals surface area contributed by atoms with E-state index in [4.69, 9.17) is 9.84 Å². The first-order valence-electron chi connectivity index (χ1n) is 7.62. The van der Waals surface area contributed by atoms with Gasteiger partial charge in [0.2, 0.25) is 0 Å². The Bertz CT molecular complexity index is 681. The molecule has 0 atom stereocenters. The lowest BCUT2D eigenvalue weighted by atomic mass is 10.3. The van der Waals surface area contributed by atoms with E-state index in [-0.39, 0.29) is 5.69 Å². The molecule has 10 nitrogen and oxygen atoms in total. The zero-order valence-corrected chi connectivity index (χ0v) is 13.9. The third-order valence-electron chi connectivity index (χ3n) is 4.04. The van der Waals surface area contributed by atoms with Crippen molar-refractivity contribution in [3.63, 3.8) is 0 Å². The SMILES string of the molecule is O=C(O)c1cnc(N2CCN(S(=O)(=O)N3CCOCC3)CC2)cn1. The second kappa shape index (κ2) is 6.97. The number of morpholine rings is 1. The van der Waals surface area contributed by atoms with Crippen molar-refractivity contribution in [2.45, 2.75) is 0 Å². The number of nitrogens with zero attached hydrogens (tertiary/aromatic N) is 5. The molecular weight excluding hydrogens is 338 g/mol. The molecule has 132 valence electrons. The Kier molecular flexibility index (Phi) is 4.94. The average Bonchev–Trinajstić information content (AvgIpc) is 2.62. The Labute approximate surface area is 139 Å². The van der Waals surface area contributed by atoms with Crippen molar-refractivity contribution < 1.29 is 23.1 Å². The smallest absolute Gasteiger partial charge is 0.356 e. The van der Waals surface area contributed by atoms with Gasteiger partial charge in [-0.3, -0.25) is 0 Å². The fourth-order valence-corrected chi connectivity index (χ4v) is 4.25. The molecule has 0 bridgehead atoms. The molecule has 24 heavy (non-hydrogen) atoms. The largest absolute Gasteiger partial charge is 0.476 e. The number of ether oxygens (including phenoxy) is 1. The highest BCUT2D eigenvalue weighted by molar-refractivity contribution is 7.86. The van der Waals surface area contributed by atoms with Crippen LogP contribution in [0.3, 0.4) is 0 Å². The summed E-state index contributed by atoms with van der Waals surface area (Å²) < 4.78 is 33.3. The van der Waals surface area contributed by atoms with Gasteiger partial charge in [-0.15, -0.1) is 0 Å². The second-order valence-corrected chi connectivity index (χ2v) is 7.40. The Hall–Kier alpha value is -1.82. The van der Waals surface area contributed by atoms with Gasteiger partial charge in [0.15, 0.2) is 5.69 Å². The van der Waals surface area contributed by atoms with E-state index in [9.17, 15) is 13.2 Å². The molecular formula is C13H19N5O5S. The summed E-state index contributed by atoms with van der Waals surface area (Å²) in [6.45, 7) is 3.25. The zero-order chi connectivity index (χ0) is 17.2. The van der Waals surface area contributed by atoms with Gasteiger partial charge in [0, 0.05) is 39.3 Å². The van der Waals surface area contributed by atoms with Gasteiger partial charge >= 0.3 is 5.97 Å². The number of aromatic carboxylic acids is 1. The molecule has 2 saturated heterocycles. The number of carboxylic acids is 1. The highest BCUT2D eigenvalue weighted by atomic mass is 32.2. The van der Waals surface area contributed by atoms with Crippen LogP contribution >= 0.6 is 0 Å². The Morgan fingerprint density at radius 2 is 1.62 bits per heavy atom. The van der Waals surface area contributed by atoms with Crippen LogP contribution in [-0.2, 0) is 14.9 Å². The first-order valence-corrected chi connectivity index (χ1v) is 9.01. The maximum Gasteiger partial charge on any atom is 0.356 e. The van der Waals surface area contributed by atoms with Gasteiger partial charge < -0.3 is 14.7 Å². The lowest BCUT2D eigenvalue weighted by Crippen LogP contribution is -2.55. The minimum atomic E-state index is -3.46. The molecule has 0 amide bonds. The van der Waals surface area contributed by atoms with Crippen LogP contribution < -0.4 is 4.90 Å². The molecule has 0 saturated carbocycles. The van der Waals surface area contributed by atoms with E-state index in [1.807, 2.05) is 4.90 Å². The fourth-order valence-electron chi connectivity index (χ4n) is 2.68. The molecule has 1 N–H and O–H groups in total. The van der Waals surface area contributed by atoms with Gasteiger partial charge in [-0.25, -0.2) is 14.8 Å². The van der Waals surface area contributed by atoms with E-state index in [1.54, 1.807) is 0 Å². The summed E-state index contributed by atoms with van der Waals surface area (Å²) in [4.78, 5) is 20.6.